The summed E-state index contributed by atoms with van der Waals surface area (Å²) in [5.41, 5.74) is 2.64. The van der Waals surface area contributed by atoms with Crippen LogP contribution in [0.1, 0.15) is 71.6 Å². The molecule has 3 atom stereocenters. The molecule has 0 aromatic heterocycles. The van der Waals surface area contributed by atoms with E-state index in [1.54, 1.807) is 7.11 Å². The molecule has 6 heteroatoms. The zero-order chi connectivity index (χ0) is 24.3. The molecule has 0 amide bonds. The second kappa shape index (κ2) is 10.2. The summed E-state index contributed by atoms with van der Waals surface area (Å²) in [6.07, 6.45) is 4.47. The predicted octanol–water partition coefficient (Wildman–Crippen LogP) is 5.16. The van der Waals surface area contributed by atoms with Gasteiger partial charge in [0.05, 0.1) is 11.1 Å². The van der Waals surface area contributed by atoms with Gasteiger partial charge < -0.3 is 13.9 Å². The Morgan fingerprint density at radius 3 is 2.22 bits per heavy atom. The van der Waals surface area contributed by atoms with Gasteiger partial charge in [0.2, 0.25) is 5.90 Å². The Kier molecular flexibility index (Phi) is 8.54. The molecule has 2 unspecified atom stereocenters. The Morgan fingerprint density at radius 1 is 1.12 bits per heavy atom. The monoisotopic (exact) mass is 460 g/mol. The summed E-state index contributed by atoms with van der Waals surface area (Å²) in [7, 11) is 1.03. The number of hydrogen-bond donors (Lipinski definition) is 1. The maximum Gasteiger partial charge on any atom is 0.226 e. The van der Waals surface area contributed by atoms with Crippen LogP contribution < -0.4 is 10.1 Å². The van der Waals surface area contributed by atoms with E-state index < -0.39 is 15.3 Å². The van der Waals surface area contributed by atoms with Gasteiger partial charge in [-0.3, -0.25) is 5.32 Å². The molecule has 180 valence electrons. The van der Waals surface area contributed by atoms with Gasteiger partial charge in [0, 0.05) is 19.4 Å². The van der Waals surface area contributed by atoms with E-state index in [2.05, 4.69) is 97.8 Å². The van der Waals surface area contributed by atoms with E-state index in [1.807, 2.05) is 6.20 Å². The molecule has 2 rings (SSSR count). The molecule has 1 N–H and O–H groups in total. The van der Waals surface area contributed by atoms with Gasteiger partial charge in [0.1, 0.15) is 5.75 Å². The predicted molar refractivity (Wildman–Crippen MR) is 138 cm³/mol. The van der Waals surface area contributed by atoms with Gasteiger partial charge in [-0.15, -0.1) is 0 Å². The van der Waals surface area contributed by atoms with Crippen molar-refractivity contribution in [2.75, 3.05) is 7.11 Å². The summed E-state index contributed by atoms with van der Waals surface area (Å²) in [5, 5.41) is 4.08. The maximum atomic E-state index is 6.52. The topological polar surface area (TPSA) is 52.1 Å². The van der Waals surface area contributed by atoms with Crippen molar-refractivity contribution >= 4 is 15.7 Å². The molecule has 1 aromatic rings. The molecule has 0 spiro atoms. The van der Waals surface area contributed by atoms with Crippen LogP contribution in [0.15, 0.2) is 29.4 Å². The zero-order valence-corrected chi connectivity index (χ0v) is 23.5. The van der Waals surface area contributed by atoms with E-state index in [4.69, 9.17) is 13.9 Å². The summed E-state index contributed by atoms with van der Waals surface area (Å²) in [6.45, 7) is 21.7. The van der Waals surface area contributed by atoms with Crippen molar-refractivity contribution in [1.29, 1.82) is 0 Å². The molecule has 0 radical (unpaired) electrons. The number of rotatable bonds is 8. The van der Waals surface area contributed by atoms with Crippen molar-refractivity contribution in [3.63, 3.8) is 0 Å². The molecule has 1 heterocycles. The molecular weight excluding hydrogens is 416 g/mol. The second-order valence-corrected chi connectivity index (χ2v) is 13.8. The summed E-state index contributed by atoms with van der Waals surface area (Å²) >= 11 is 0. The lowest BCUT2D eigenvalue weighted by atomic mass is 9.87. The van der Waals surface area contributed by atoms with E-state index in [1.165, 1.54) is 5.56 Å². The lowest BCUT2D eigenvalue weighted by Crippen LogP contribution is -2.64. The van der Waals surface area contributed by atoms with Crippen LogP contribution in [0.3, 0.4) is 0 Å². The van der Waals surface area contributed by atoms with Crippen molar-refractivity contribution in [2.45, 2.75) is 104 Å². The van der Waals surface area contributed by atoms with Crippen LogP contribution in [0.2, 0.25) is 5.04 Å². The minimum Gasteiger partial charge on any atom is -0.439 e. The number of hydrogen-bond acceptors (Lipinski definition) is 5. The Morgan fingerprint density at radius 2 is 1.72 bits per heavy atom. The maximum absolute atomic E-state index is 6.52. The molecule has 5 nitrogen and oxygen atoms in total. The van der Waals surface area contributed by atoms with E-state index in [0.29, 0.717) is 5.90 Å². The van der Waals surface area contributed by atoms with Gasteiger partial charge in [-0.25, -0.2) is 4.99 Å². The highest BCUT2D eigenvalue weighted by molar-refractivity contribution is 6.31. The molecule has 0 saturated heterocycles. The van der Waals surface area contributed by atoms with Crippen LogP contribution in [0, 0.1) is 20.8 Å². The third-order valence-electron chi connectivity index (χ3n) is 6.05. The van der Waals surface area contributed by atoms with Crippen LogP contribution in [0.4, 0.5) is 0 Å². The first-order chi connectivity index (χ1) is 14.7. The Labute approximate surface area is 198 Å². The first kappa shape index (κ1) is 26.8. The van der Waals surface area contributed by atoms with Crippen molar-refractivity contribution < 1.29 is 13.9 Å². The van der Waals surface area contributed by atoms with Crippen LogP contribution in [0.5, 0.6) is 5.75 Å². The van der Waals surface area contributed by atoms with Gasteiger partial charge in [-0.05, 0) is 70.2 Å². The molecule has 0 bridgehead atoms. The minimum absolute atomic E-state index is 0.145. The average Bonchev–Trinajstić information content (AvgIpc) is 2.67. The summed E-state index contributed by atoms with van der Waals surface area (Å²) in [6, 6.07) is 4.41. The van der Waals surface area contributed by atoms with E-state index in [0.717, 1.165) is 23.3 Å². The molecule has 0 saturated carbocycles. The van der Waals surface area contributed by atoms with Crippen molar-refractivity contribution in [3.05, 3.63) is 41.1 Å². The number of methoxy groups -OCH3 is 1. The lowest BCUT2D eigenvalue weighted by Gasteiger charge is -2.45. The summed E-state index contributed by atoms with van der Waals surface area (Å²) < 4.78 is 18.9. The fourth-order valence-electron chi connectivity index (χ4n) is 4.30. The smallest absolute Gasteiger partial charge is 0.226 e. The van der Waals surface area contributed by atoms with E-state index >= 15 is 0 Å². The quantitative estimate of drug-likeness (QED) is 0.545. The fourth-order valence-corrected chi connectivity index (χ4v) is 5.31. The standard InChI is InChI=1S/C26H44N2O3Si/c1-12-20(25(8,9)31-32-24(5,6)7)28-26(10)13-14-27-23(22(26)29-11)30-21-18(3)15-17(2)16-19(21)4/h13-16,20,22,28H,12,32H2,1-11H3/t20?,22?,26-/m0/s1. The molecule has 1 aliphatic rings. The van der Waals surface area contributed by atoms with Gasteiger partial charge in [-0.1, -0.05) is 45.4 Å². The number of aliphatic imine (C=N–C) groups is 1. The molecule has 1 aromatic carbocycles. The molecular formula is C26H44N2O3Si. The molecule has 32 heavy (non-hydrogen) atoms. The highest BCUT2D eigenvalue weighted by Crippen LogP contribution is 2.31. The fraction of sp³-hybridized carbons (Fsp3) is 0.654. The molecule has 0 fully saturated rings. The number of benzene rings is 1. The highest BCUT2D eigenvalue weighted by Gasteiger charge is 2.43. The largest absolute Gasteiger partial charge is 0.439 e. The first-order valence-electron chi connectivity index (χ1n) is 11.7. The molecule has 0 aliphatic carbocycles. The SMILES string of the molecule is CCC(N[C@@]1(C)C=CN=C(Oc2c(C)cc(C)cc2C)C1OC)C(C)(C)O[SiH2]C(C)(C)C. The van der Waals surface area contributed by atoms with Gasteiger partial charge in [0.15, 0.2) is 15.9 Å². The van der Waals surface area contributed by atoms with Crippen molar-refractivity contribution in [1.82, 2.24) is 5.32 Å². The summed E-state index contributed by atoms with van der Waals surface area (Å²) in [4.78, 5) is 4.57. The number of nitrogens with zero attached hydrogens (tertiary/aromatic N) is 1. The van der Waals surface area contributed by atoms with Crippen LogP contribution in [0.25, 0.3) is 0 Å². The van der Waals surface area contributed by atoms with Crippen LogP contribution in [-0.2, 0) is 9.16 Å². The van der Waals surface area contributed by atoms with Crippen molar-refractivity contribution in [3.8, 4) is 5.75 Å². The van der Waals surface area contributed by atoms with Gasteiger partial charge in [-0.2, -0.15) is 0 Å². The highest BCUT2D eigenvalue weighted by atomic mass is 28.2. The number of nitrogens with one attached hydrogen (secondary N) is 1. The van der Waals surface area contributed by atoms with E-state index in [-0.39, 0.29) is 22.8 Å². The number of ether oxygens (including phenoxy) is 2. The minimum atomic E-state index is -0.682. The molecule has 1 aliphatic heterocycles. The first-order valence-corrected chi connectivity index (χ1v) is 13.0. The second-order valence-electron chi connectivity index (χ2n) is 11.1. The zero-order valence-electron chi connectivity index (χ0n) is 22.1. The number of aryl methyl sites for hydroxylation is 3. The van der Waals surface area contributed by atoms with Gasteiger partial charge >= 0.3 is 0 Å². The Bertz CT molecular complexity index is 834. The van der Waals surface area contributed by atoms with Crippen molar-refractivity contribution in [2.24, 2.45) is 4.99 Å². The van der Waals surface area contributed by atoms with Crippen LogP contribution >= 0.6 is 0 Å². The Hall–Kier alpha value is -1.47. The normalized spacial score (nSPS) is 23.0. The van der Waals surface area contributed by atoms with Crippen LogP contribution in [-0.4, -0.2) is 46.1 Å². The van der Waals surface area contributed by atoms with E-state index in [9.17, 15) is 0 Å². The lowest BCUT2D eigenvalue weighted by molar-refractivity contribution is 0.0242. The average molecular weight is 461 g/mol. The Balaban J connectivity index is 2.27. The third-order valence-corrected chi connectivity index (χ3v) is 7.80. The third kappa shape index (κ3) is 6.53. The summed E-state index contributed by atoms with van der Waals surface area (Å²) in [5.74, 6) is 1.42. The van der Waals surface area contributed by atoms with Gasteiger partial charge in [0.25, 0.3) is 0 Å².